The summed E-state index contributed by atoms with van der Waals surface area (Å²) in [6, 6.07) is 6.86. The molecule has 3 rings (SSSR count). The van der Waals surface area contributed by atoms with Gasteiger partial charge in [0.05, 0.1) is 19.1 Å². The molecule has 0 saturated carbocycles. The van der Waals surface area contributed by atoms with Gasteiger partial charge in [-0.3, -0.25) is 4.79 Å². The predicted octanol–water partition coefficient (Wildman–Crippen LogP) is 2.94. The summed E-state index contributed by atoms with van der Waals surface area (Å²) in [6.45, 7) is 2.78. The molecule has 0 radical (unpaired) electrons. The quantitative estimate of drug-likeness (QED) is 0.802. The Kier molecular flexibility index (Phi) is 6.21. The van der Waals surface area contributed by atoms with Crippen molar-refractivity contribution >= 4 is 5.91 Å². The van der Waals surface area contributed by atoms with Gasteiger partial charge in [0.2, 0.25) is 5.91 Å². The third-order valence-corrected chi connectivity index (χ3v) is 4.90. The van der Waals surface area contributed by atoms with Crippen LogP contribution in [0.3, 0.4) is 0 Å². The number of ether oxygens (including phenoxy) is 2. The van der Waals surface area contributed by atoms with Gasteiger partial charge < -0.3 is 14.4 Å². The Hall–Kier alpha value is -1.46. The van der Waals surface area contributed by atoms with Crippen LogP contribution in [-0.4, -0.2) is 49.3 Å². The van der Waals surface area contributed by atoms with Crippen LogP contribution in [0, 0.1) is 5.82 Å². The van der Waals surface area contributed by atoms with Gasteiger partial charge in [-0.05, 0) is 49.8 Å². The zero-order valence-electron chi connectivity index (χ0n) is 14.1. The molecular formula is C19H26FNO3. The Balaban J connectivity index is 1.46. The fourth-order valence-corrected chi connectivity index (χ4v) is 3.61. The van der Waals surface area contributed by atoms with Crippen LogP contribution in [0.25, 0.3) is 0 Å². The lowest BCUT2D eigenvalue weighted by molar-refractivity contribution is -0.134. The van der Waals surface area contributed by atoms with Gasteiger partial charge in [0.25, 0.3) is 0 Å². The third-order valence-electron chi connectivity index (χ3n) is 4.90. The lowest BCUT2D eigenvalue weighted by Gasteiger charge is -2.26. The average molecular weight is 335 g/mol. The molecular weight excluding hydrogens is 309 g/mol. The molecule has 1 amide bonds. The molecule has 0 aliphatic carbocycles. The van der Waals surface area contributed by atoms with Crippen molar-refractivity contribution in [3.8, 4) is 0 Å². The largest absolute Gasteiger partial charge is 0.381 e. The Morgan fingerprint density at radius 1 is 1.29 bits per heavy atom. The van der Waals surface area contributed by atoms with E-state index in [1.165, 1.54) is 6.07 Å². The van der Waals surface area contributed by atoms with E-state index in [0.29, 0.717) is 13.0 Å². The van der Waals surface area contributed by atoms with E-state index in [4.69, 9.17) is 9.47 Å². The van der Waals surface area contributed by atoms with Crippen molar-refractivity contribution in [1.82, 2.24) is 4.90 Å². The average Bonchev–Trinajstić information content (AvgIpc) is 3.04. The Labute approximate surface area is 142 Å². The number of likely N-dealkylation sites (tertiary alicyclic amines) is 1. The fourth-order valence-electron chi connectivity index (χ4n) is 3.61. The Morgan fingerprint density at radius 3 is 2.92 bits per heavy atom. The highest BCUT2D eigenvalue weighted by Crippen LogP contribution is 2.22. The first-order valence-corrected chi connectivity index (χ1v) is 8.95. The van der Waals surface area contributed by atoms with Crippen LogP contribution in [-0.2, 0) is 20.7 Å². The van der Waals surface area contributed by atoms with Crippen LogP contribution < -0.4 is 0 Å². The number of amides is 1. The number of benzene rings is 1. The van der Waals surface area contributed by atoms with Crippen LogP contribution in [0.5, 0.6) is 0 Å². The smallest absolute Gasteiger partial charge is 0.225 e. The lowest BCUT2D eigenvalue weighted by Crippen LogP contribution is -2.37. The van der Waals surface area contributed by atoms with Gasteiger partial charge in [-0.15, -0.1) is 0 Å². The van der Waals surface area contributed by atoms with E-state index in [2.05, 4.69) is 0 Å². The molecule has 1 aromatic carbocycles. The maximum Gasteiger partial charge on any atom is 0.225 e. The van der Waals surface area contributed by atoms with Gasteiger partial charge in [-0.2, -0.15) is 0 Å². The first-order chi connectivity index (χ1) is 11.7. The van der Waals surface area contributed by atoms with Gasteiger partial charge in [0.1, 0.15) is 5.82 Å². The fraction of sp³-hybridized carbons (Fsp3) is 0.632. The number of nitrogens with zero attached hydrogens (tertiary/aromatic N) is 1. The summed E-state index contributed by atoms with van der Waals surface area (Å²) in [7, 11) is 0. The lowest BCUT2D eigenvalue weighted by atomic mass is 10.0. The van der Waals surface area contributed by atoms with Crippen LogP contribution in [0.1, 0.15) is 37.7 Å². The van der Waals surface area contributed by atoms with Crippen LogP contribution in [0.2, 0.25) is 0 Å². The van der Waals surface area contributed by atoms with Crippen molar-refractivity contribution in [2.75, 3.05) is 26.4 Å². The summed E-state index contributed by atoms with van der Waals surface area (Å²) in [6.07, 6.45) is 5.23. The SMILES string of the molecule is O=C(CCOC1CCOCC1)N1CCC[C@@H]1Cc1cccc(F)c1. The molecule has 2 aliphatic heterocycles. The molecule has 2 saturated heterocycles. The van der Waals surface area contributed by atoms with E-state index in [1.54, 1.807) is 12.1 Å². The van der Waals surface area contributed by atoms with E-state index >= 15 is 0 Å². The van der Waals surface area contributed by atoms with Crippen LogP contribution in [0.15, 0.2) is 24.3 Å². The Bertz CT molecular complexity index is 545. The maximum atomic E-state index is 13.3. The monoisotopic (exact) mass is 335 g/mol. The zero-order valence-corrected chi connectivity index (χ0v) is 14.1. The number of halogens is 1. The van der Waals surface area contributed by atoms with Crippen molar-refractivity contribution in [2.45, 2.75) is 50.7 Å². The van der Waals surface area contributed by atoms with Crippen LogP contribution in [0.4, 0.5) is 4.39 Å². The standard InChI is InChI=1S/C19H26FNO3/c20-16-4-1-3-15(13-16)14-17-5-2-9-21(17)19(22)8-12-24-18-6-10-23-11-7-18/h1,3-4,13,17-18H,2,5-12,14H2/t17-/m1/s1. The summed E-state index contributed by atoms with van der Waals surface area (Å²) < 4.78 is 24.4. The molecule has 0 unspecified atom stereocenters. The molecule has 0 spiro atoms. The van der Waals surface area contributed by atoms with E-state index < -0.39 is 0 Å². The third kappa shape index (κ3) is 4.77. The first kappa shape index (κ1) is 17.4. The highest BCUT2D eigenvalue weighted by Gasteiger charge is 2.28. The molecule has 0 N–H and O–H groups in total. The summed E-state index contributed by atoms with van der Waals surface area (Å²) in [5.41, 5.74) is 0.957. The molecule has 0 aromatic heterocycles. The molecule has 1 atom stereocenters. The number of hydrogen-bond acceptors (Lipinski definition) is 3. The van der Waals surface area contributed by atoms with E-state index in [-0.39, 0.29) is 23.9 Å². The molecule has 2 fully saturated rings. The second kappa shape index (κ2) is 8.58. The van der Waals surface area contributed by atoms with Crippen molar-refractivity contribution in [3.05, 3.63) is 35.6 Å². The van der Waals surface area contributed by atoms with E-state index in [9.17, 15) is 9.18 Å². The minimum atomic E-state index is -0.215. The number of rotatable bonds is 6. The number of hydrogen-bond donors (Lipinski definition) is 0. The predicted molar refractivity (Wildman–Crippen MR) is 89.2 cm³/mol. The normalized spacial score (nSPS) is 22.0. The van der Waals surface area contributed by atoms with Gasteiger partial charge >= 0.3 is 0 Å². The maximum absolute atomic E-state index is 13.3. The zero-order chi connectivity index (χ0) is 16.8. The second-order valence-electron chi connectivity index (χ2n) is 6.65. The molecule has 24 heavy (non-hydrogen) atoms. The molecule has 2 aliphatic rings. The van der Waals surface area contributed by atoms with E-state index in [1.807, 2.05) is 11.0 Å². The Morgan fingerprint density at radius 2 is 2.12 bits per heavy atom. The molecule has 132 valence electrons. The summed E-state index contributed by atoms with van der Waals surface area (Å²) in [5.74, 6) is -0.0609. The summed E-state index contributed by atoms with van der Waals surface area (Å²) >= 11 is 0. The van der Waals surface area contributed by atoms with Crippen molar-refractivity contribution in [1.29, 1.82) is 0 Å². The number of carbonyl (C=O) groups excluding carboxylic acids is 1. The molecule has 5 heteroatoms. The second-order valence-corrected chi connectivity index (χ2v) is 6.65. The minimum absolute atomic E-state index is 0.154. The van der Waals surface area contributed by atoms with Gasteiger partial charge in [-0.25, -0.2) is 4.39 Å². The van der Waals surface area contributed by atoms with Gasteiger partial charge in [-0.1, -0.05) is 12.1 Å². The van der Waals surface area contributed by atoms with Crippen molar-refractivity contribution in [3.63, 3.8) is 0 Å². The van der Waals surface area contributed by atoms with Gasteiger partial charge in [0.15, 0.2) is 0 Å². The van der Waals surface area contributed by atoms with Crippen molar-refractivity contribution < 1.29 is 18.7 Å². The van der Waals surface area contributed by atoms with Crippen LogP contribution >= 0.6 is 0 Å². The molecule has 1 aromatic rings. The first-order valence-electron chi connectivity index (χ1n) is 8.95. The highest BCUT2D eigenvalue weighted by molar-refractivity contribution is 5.77. The summed E-state index contributed by atoms with van der Waals surface area (Å²) in [4.78, 5) is 14.5. The molecule has 2 heterocycles. The summed E-state index contributed by atoms with van der Waals surface area (Å²) in [5, 5.41) is 0. The molecule has 4 nitrogen and oxygen atoms in total. The van der Waals surface area contributed by atoms with Crippen molar-refractivity contribution in [2.24, 2.45) is 0 Å². The molecule has 0 bridgehead atoms. The van der Waals surface area contributed by atoms with E-state index in [0.717, 1.165) is 57.4 Å². The van der Waals surface area contributed by atoms with Gasteiger partial charge in [0, 0.05) is 25.8 Å². The minimum Gasteiger partial charge on any atom is -0.381 e. The number of carbonyl (C=O) groups is 1. The highest BCUT2D eigenvalue weighted by atomic mass is 19.1. The topological polar surface area (TPSA) is 38.8 Å².